The van der Waals surface area contributed by atoms with Gasteiger partial charge in [0.15, 0.2) is 0 Å². The predicted octanol–water partition coefficient (Wildman–Crippen LogP) is 5.71. The summed E-state index contributed by atoms with van der Waals surface area (Å²) in [6.45, 7) is 0. The summed E-state index contributed by atoms with van der Waals surface area (Å²) in [5.41, 5.74) is 2.44. The maximum atomic E-state index is 6.31. The second-order valence-electron chi connectivity index (χ2n) is 5.04. The quantitative estimate of drug-likeness (QED) is 0.636. The molecule has 0 atom stereocenters. The SMILES string of the molecule is COc1cccc(Cl)c1/C=C(/CBr)C1CCCCC1. The molecule has 1 fully saturated rings. The van der Waals surface area contributed by atoms with E-state index in [1.54, 1.807) is 7.11 Å². The summed E-state index contributed by atoms with van der Waals surface area (Å²) in [4.78, 5) is 0. The molecule has 1 nitrogen and oxygen atoms in total. The van der Waals surface area contributed by atoms with E-state index in [1.807, 2.05) is 18.2 Å². The van der Waals surface area contributed by atoms with E-state index in [0.717, 1.165) is 21.7 Å². The number of benzene rings is 1. The van der Waals surface area contributed by atoms with Crippen LogP contribution in [0.15, 0.2) is 23.8 Å². The van der Waals surface area contributed by atoms with Crippen molar-refractivity contribution in [2.24, 2.45) is 5.92 Å². The molecular formula is C16H20BrClO. The average molecular weight is 344 g/mol. The Morgan fingerprint density at radius 2 is 2.11 bits per heavy atom. The van der Waals surface area contributed by atoms with Crippen LogP contribution < -0.4 is 4.74 Å². The van der Waals surface area contributed by atoms with Gasteiger partial charge in [-0.1, -0.05) is 58.4 Å². The highest BCUT2D eigenvalue weighted by Crippen LogP contribution is 2.35. The second-order valence-corrected chi connectivity index (χ2v) is 6.01. The molecule has 1 aliphatic carbocycles. The predicted molar refractivity (Wildman–Crippen MR) is 86.4 cm³/mol. The summed E-state index contributed by atoms with van der Waals surface area (Å²) in [5.74, 6) is 1.54. The van der Waals surface area contributed by atoms with Gasteiger partial charge in [-0.3, -0.25) is 0 Å². The molecule has 0 heterocycles. The number of alkyl halides is 1. The molecule has 0 saturated heterocycles. The molecule has 2 rings (SSSR count). The third kappa shape index (κ3) is 3.76. The molecule has 0 spiro atoms. The zero-order valence-electron chi connectivity index (χ0n) is 11.3. The number of hydrogen-bond acceptors (Lipinski definition) is 1. The minimum Gasteiger partial charge on any atom is -0.496 e. The molecule has 104 valence electrons. The monoisotopic (exact) mass is 342 g/mol. The zero-order valence-corrected chi connectivity index (χ0v) is 13.6. The highest BCUT2D eigenvalue weighted by molar-refractivity contribution is 9.09. The van der Waals surface area contributed by atoms with Crippen molar-refractivity contribution in [2.45, 2.75) is 32.1 Å². The average Bonchev–Trinajstić information content (AvgIpc) is 2.46. The molecule has 0 unspecified atom stereocenters. The Hall–Kier alpha value is -0.470. The van der Waals surface area contributed by atoms with Gasteiger partial charge in [-0.15, -0.1) is 0 Å². The van der Waals surface area contributed by atoms with Crippen LogP contribution in [0.25, 0.3) is 6.08 Å². The standard InChI is InChI=1S/C16H20BrClO/c1-19-16-9-5-8-15(18)14(16)10-13(11-17)12-6-3-2-4-7-12/h5,8-10,12H,2-4,6-7,11H2,1H3/b13-10-. The van der Waals surface area contributed by atoms with E-state index >= 15 is 0 Å². The van der Waals surface area contributed by atoms with Crippen LogP contribution in [0, 0.1) is 5.92 Å². The lowest BCUT2D eigenvalue weighted by Gasteiger charge is -2.24. The third-order valence-corrected chi connectivity index (χ3v) is 4.82. The first-order valence-corrected chi connectivity index (χ1v) is 8.35. The highest BCUT2D eigenvalue weighted by atomic mass is 79.9. The van der Waals surface area contributed by atoms with Gasteiger partial charge in [-0.25, -0.2) is 0 Å². The van der Waals surface area contributed by atoms with E-state index in [-0.39, 0.29) is 0 Å². The Morgan fingerprint density at radius 3 is 2.74 bits per heavy atom. The number of halogens is 2. The van der Waals surface area contributed by atoms with Crippen LogP contribution in [0.5, 0.6) is 5.75 Å². The molecule has 19 heavy (non-hydrogen) atoms. The number of rotatable bonds is 4. The van der Waals surface area contributed by atoms with E-state index in [2.05, 4.69) is 22.0 Å². The lowest BCUT2D eigenvalue weighted by molar-refractivity contribution is 0.404. The Kier molecular flexibility index (Phi) is 5.77. The molecule has 0 amide bonds. The first-order valence-electron chi connectivity index (χ1n) is 6.85. The smallest absolute Gasteiger partial charge is 0.127 e. The van der Waals surface area contributed by atoms with Crippen LogP contribution in [-0.4, -0.2) is 12.4 Å². The Morgan fingerprint density at radius 1 is 1.37 bits per heavy atom. The van der Waals surface area contributed by atoms with Crippen LogP contribution in [0.1, 0.15) is 37.7 Å². The maximum Gasteiger partial charge on any atom is 0.127 e. The molecule has 0 radical (unpaired) electrons. The Balaban J connectivity index is 2.31. The molecule has 0 N–H and O–H groups in total. The van der Waals surface area contributed by atoms with Crippen LogP contribution in [-0.2, 0) is 0 Å². The van der Waals surface area contributed by atoms with Crippen molar-refractivity contribution in [1.82, 2.24) is 0 Å². The van der Waals surface area contributed by atoms with Gasteiger partial charge in [0.25, 0.3) is 0 Å². The molecule has 0 bridgehead atoms. The van der Waals surface area contributed by atoms with Gasteiger partial charge in [0.2, 0.25) is 0 Å². The Bertz CT molecular complexity index is 450. The number of hydrogen-bond donors (Lipinski definition) is 0. The first kappa shape index (κ1) is 14.9. The molecule has 1 aliphatic rings. The van der Waals surface area contributed by atoms with Crippen molar-refractivity contribution in [2.75, 3.05) is 12.4 Å². The van der Waals surface area contributed by atoms with Crippen molar-refractivity contribution < 1.29 is 4.74 Å². The van der Waals surface area contributed by atoms with Gasteiger partial charge in [0.1, 0.15) is 5.75 Å². The summed E-state index contributed by atoms with van der Waals surface area (Å²) in [6, 6.07) is 5.81. The Labute approximate surface area is 129 Å². The topological polar surface area (TPSA) is 9.23 Å². The van der Waals surface area contributed by atoms with E-state index in [9.17, 15) is 0 Å². The zero-order chi connectivity index (χ0) is 13.7. The second kappa shape index (κ2) is 7.35. The van der Waals surface area contributed by atoms with Gasteiger partial charge < -0.3 is 4.74 Å². The molecular weight excluding hydrogens is 324 g/mol. The lowest BCUT2D eigenvalue weighted by Crippen LogP contribution is -2.10. The van der Waals surface area contributed by atoms with Crippen molar-refractivity contribution in [3.63, 3.8) is 0 Å². The number of ether oxygens (including phenoxy) is 1. The largest absolute Gasteiger partial charge is 0.496 e. The van der Waals surface area contributed by atoms with Crippen LogP contribution in [0.2, 0.25) is 5.02 Å². The third-order valence-electron chi connectivity index (χ3n) is 3.85. The van der Waals surface area contributed by atoms with Crippen molar-refractivity contribution in [3.8, 4) is 5.75 Å². The minimum atomic E-state index is 0.689. The van der Waals surface area contributed by atoms with Gasteiger partial charge >= 0.3 is 0 Å². The van der Waals surface area contributed by atoms with Gasteiger partial charge in [-0.2, -0.15) is 0 Å². The fraction of sp³-hybridized carbons (Fsp3) is 0.500. The van der Waals surface area contributed by atoms with Crippen LogP contribution >= 0.6 is 27.5 Å². The van der Waals surface area contributed by atoms with E-state index < -0.39 is 0 Å². The molecule has 0 aromatic heterocycles. The summed E-state index contributed by atoms with van der Waals surface area (Å²) in [6.07, 6.45) is 8.87. The number of allylic oxidation sites excluding steroid dienone is 1. The van der Waals surface area contributed by atoms with E-state index in [0.29, 0.717) is 5.92 Å². The maximum absolute atomic E-state index is 6.31. The van der Waals surface area contributed by atoms with Crippen LogP contribution in [0.3, 0.4) is 0 Å². The summed E-state index contributed by atoms with van der Waals surface area (Å²) in [5, 5.41) is 1.67. The van der Waals surface area contributed by atoms with Crippen molar-refractivity contribution >= 4 is 33.6 Å². The van der Waals surface area contributed by atoms with E-state index in [4.69, 9.17) is 16.3 Å². The van der Waals surface area contributed by atoms with Crippen LogP contribution in [0.4, 0.5) is 0 Å². The van der Waals surface area contributed by atoms with Gasteiger partial charge in [0, 0.05) is 10.9 Å². The summed E-state index contributed by atoms with van der Waals surface area (Å²) >= 11 is 9.94. The van der Waals surface area contributed by atoms with Crippen molar-refractivity contribution in [1.29, 1.82) is 0 Å². The summed E-state index contributed by atoms with van der Waals surface area (Å²) in [7, 11) is 1.69. The lowest BCUT2D eigenvalue weighted by atomic mass is 9.84. The molecule has 3 heteroatoms. The molecule has 1 saturated carbocycles. The summed E-state index contributed by atoms with van der Waals surface area (Å²) < 4.78 is 5.41. The van der Waals surface area contributed by atoms with Gasteiger partial charge in [0.05, 0.1) is 12.1 Å². The number of methoxy groups -OCH3 is 1. The first-order chi connectivity index (χ1) is 9.26. The fourth-order valence-electron chi connectivity index (χ4n) is 2.76. The fourth-order valence-corrected chi connectivity index (χ4v) is 3.60. The molecule has 1 aromatic carbocycles. The highest BCUT2D eigenvalue weighted by Gasteiger charge is 2.18. The minimum absolute atomic E-state index is 0.689. The normalized spacial score (nSPS) is 17.5. The molecule has 1 aromatic rings. The molecule has 0 aliphatic heterocycles. The van der Waals surface area contributed by atoms with Gasteiger partial charge in [-0.05, 0) is 37.0 Å². The van der Waals surface area contributed by atoms with Crippen molar-refractivity contribution in [3.05, 3.63) is 34.4 Å². The van der Waals surface area contributed by atoms with E-state index in [1.165, 1.54) is 37.7 Å².